The molecule has 1 unspecified atom stereocenters. The molecule has 0 saturated carbocycles. The zero-order valence-corrected chi connectivity index (χ0v) is 14.4. The van der Waals surface area contributed by atoms with Gasteiger partial charge >= 0.3 is 6.03 Å². The molecule has 23 heavy (non-hydrogen) atoms. The minimum absolute atomic E-state index is 0.0562. The summed E-state index contributed by atoms with van der Waals surface area (Å²) in [4.78, 5) is 17.2. The Morgan fingerprint density at radius 1 is 1.35 bits per heavy atom. The van der Waals surface area contributed by atoms with Crippen molar-refractivity contribution in [3.8, 4) is 0 Å². The maximum Gasteiger partial charge on any atom is 0.317 e. The number of nitrogens with one attached hydrogen (secondary N) is 2. The average Bonchev–Trinajstić information content (AvgIpc) is 2.86. The number of aromatic amines is 1. The molecule has 0 aliphatic heterocycles. The molecule has 0 radical (unpaired) electrons. The number of fused-ring (bicyclic) bond motifs is 1. The van der Waals surface area contributed by atoms with Crippen molar-refractivity contribution < 1.29 is 9.90 Å². The lowest BCUT2D eigenvalue weighted by Crippen LogP contribution is -2.47. The third-order valence-electron chi connectivity index (χ3n) is 3.94. The van der Waals surface area contributed by atoms with Crippen LogP contribution in [0.15, 0.2) is 24.4 Å². The number of carbonyl (C=O) groups is 1. The van der Waals surface area contributed by atoms with E-state index in [-0.39, 0.29) is 12.1 Å². The highest BCUT2D eigenvalue weighted by Crippen LogP contribution is 2.19. The number of nitrogens with zero attached hydrogens (tertiary/aromatic N) is 1. The molecule has 0 spiro atoms. The van der Waals surface area contributed by atoms with Crippen molar-refractivity contribution in [2.45, 2.75) is 46.3 Å². The molecule has 0 bridgehead atoms. The van der Waals surface area contributed by atoms with Crippen molar-refractivity contribution in [1.82, 2.24) is 15.2 Å². The number of H-pyrrole nitrogens is 1. The summed E-state index contributed by atoms with van der Waals surface area (Å²) in [6, 6.07) is 6.27. The molecule has 1 atom stereocenters. The summed E-state index contributed by atoms with van der Waals surface area (Å²) >= 11 is 0. The molecule has 1 aromatic carbocycles. The monoisotopic (exact) mass is 317 g/mol. The standard InChI is InChI=1S/C18H27N3O2/c1-12(2)21(11-14(4)22)18(23)19-8-7-15-10-20-17-9-13(3)5-6-16(15)17/h5-6,9-10,12,14,20,22H,7-8,11H2,1-4H3,(H,19,23). The van der Waals surface area contributed by atoms with Gasteiger partial charge in [-0.2, -0.15) is 0 Å². The molecule has 5 nitrogen and oxygen atoms in total. The molecule has 2 amide bonds. The van der Waals surface area contributed by atoms with E-state index in [0.29, 0.717) is 13.1 Å². The molecule has 2 rings (SSSR count). The van der Waals surface area contributed by atoms with Gasteiger partial charge in [-0.25, -0.2) is 4.79 Å². The van der Waals surface area contributed by atoms with E-state index in [4.69, 9.17) is 0 Å². The number of carbonyl (C=O) groups excluding carboxylic acids is 1. The quantitative estimate of drug-likeness (QED) is 0.767. The van der Waals surface area contributed by atoms with E-state index in [2.05, 4.69) is 35.4 Å². The molecule has 0 fully saturated rings. The van der Waals surface area contributed by atoms with Crippen LogP contribution in [0.25, 0.3) is 10.9 Å². The number of aliphatic hydroxyl groups is 1. The predicted molar refractivity (Wildman–Crippen MR) is 93.7 cm³/mol. The van der Waals surface area contributed by atoms with Gasteiger partial charge in [0.2, 0.25) is 0 Å². The van der Waals surface area contributed by atoms with Crippen LogP contribution in [0, 0.1) is 6.92 Å². The maximum atomic E-state index is 12.3. The molecule has 1 heterocycles. The van der Waals surface area contributed by atoms with Crippen molar-refractivity contribution in [3.63, 3.8) is 0 Å². The van der Waals surface area contributed by atoms with Crippen LogP contribution >= 0.6 is 0 Å². The molecule has 0 saturated heterocycles. The number of aromatic nitrogens is 1. The molecular formula is C18H27N3O2. The Kier molecular flexibility index (Phi) is 5.66. The van der Waals surface area contributed by atoms with E-state index < -0.39 is 6.10 Å². The number of aryl methyl sites for hydroxylation is 1. The number of rotatable bonds is 6. The van der Waals surface area contributed by atoms with Gasteiger partial charge in [0.15, 0.2) is 0 Å². The summed E-state index contributed by atoms with van der Waals surface area (Å²) in [7, 11) is 0. The fourth-order valence-electron chi connectivity index (χ4n) is 2.73. The Morgan fingerprint density at radius 2 is 2.09 bits per heavy atom. The number of benzene rings is 1. The number of hydrogen-bond donors (Lipinski definition) is 3. The van der Waals surface area contributed by atoms with Crippen LogP contribution in [0.1, 0.15) is 31.9 Å². The summed E-state index contributed by atoms with van der Waals surface area (Å²) < 4.78 is 0. The van der Waals surface area contributed by atoms with Crippen molar-refractivity contribution in [2.24, 2.45) is 0 Å². The van der Waals surface area contributed by atoms with Crippen LogP contribution in [-0.4, -0.2) is 46.3 Å². The first kappa shape index (κ1) is 17.3. The summed E-state index contributed by atoms with van der Waals surface area (Å²) in [5.41, 5.74) is 3.56. The van der Waals surface area contributed by atoms with Gasteiger partial charge < -0.3 is 20.3 Å². The molecule has 0 aliphatic rings. The minimum atomic E-state index is -0.528. The smallest absolute Gasteiger partial charge is 0.317 e. The summed E-state index contributed by atoms with van der Waals surface area (Å²) in [5, 5.41) is 13.7. The lowest BCUT2D eigenvalue weighted by Gasteiger charge is -2.28. The van der Waals surface area contributed by atoms with E-state index in [1.54, 1.807) is 11.8 Å². The van der Waals surface area contributed by atoms with Gasteiger partial charge in [0.05, 0.1) is 6.10 Å². The first-order valence-electron chi connectivity index (χ1n) is 8.17. The van der Waals surface area contributed by atoms with Gasteiger partial charge in [-0.05, 0) is 51.3 Å². The van der Waals surface area contributed by atoms with Gasteiger partial charge in [-0.15, -0.1) is 0 Å². The third-order valence-corrected chi connectivity index (χ3v) is 3.94. The van der Waals surface area contributed by atoms with Crippen molar-refractivity contribution >= 4 is 16.9 Å². The molecular weight excluding hydrogens is 290 g/mol. The fraction of sp³-hybridized carbons (Fsp3) is 0.500. The highest BCUT2D eigenvalue weighted by atomic mass is 16.3. The zero-order chi connectivity index (χ0) is 17.0. The molecule has 2 aromatic rings. The Labute approximate surface area is 137 Å². The van der Waals surface area contributed by atoms with E-state index in [0.717, 1.165) is 11.9 Å². The van der Waals surface area contributed by atoms with Crippen LogP contribution in [0.5, 0.6) is 0 Å². The second-order valence-corrected chi connectivity index (χ2v) is 6.44. The molecule has 1 aromatic heterocycles. The number of amides is 2. The summed E-state index contributed by atoms with van der Waals surface area (Å²) in [6.45, 7) is 8.58. The molecule has 3 N–H and O–H groups in total. The van der Waals surface area contributed by atoms with Gasteiger partial charge in [0, 0.05) is 36.2 Å². The van der Waals surface area contributed by atoms with Crippen LogP contribution in [-0.2, 0) is 6.42 Å². The Balaban J connectivity index is 1.93. The first-order chi connectivity index (χ1) is 10.9. The topological polar surface area (TPSA) is 68.4 Å². The van der Waals surface area contributed by atoms with Crippen molar-refractivity contribution in [2.75, 3.05) is 13.1 Å². The second-order valence-electron chi connectivity index (χ2n) is 6.44. The van der Waals surface area contributed by atoms with Gasteiger partial charge in [-0.1, -0.05) is 12.1 Å². The van der Waals surface area contributed by atoms with Gasteiger partial charge in [-0.3, -0.25) is 0 Å². The third kappa shape index (κ3) is 4.48. The number of aliphatic hydroxyl groups excluding tert-OH is 1. The molecule has 0 aliphatic carbocycles. The lowest BCUT2D eigenvalue weighted by atomic mass is 10.1. The zero-order valence-electron chi connectivity index (χ0n) is 14.4. The fourth-order valence-corrected chi connectivity index (χ4v) is 2.73. The van der Waals surface area contributed by atoms with Gasteiger partial charge in [0.1, 0.15) is 0 Å². The van der Waals surface area contributed by atoms with Crippen molar-refractivity contribution in [3.05, 3.63) is 35.5 Å². The Bertz CT molecular complexity index is 661. The minimum Gasteiger partial charge on any atom is -0.392 e. The van der Waals surface area contributed by atoms with Crippen LogP contribution in [0.2, 0.25) is 0 Å². The highest BCUT2D eigenvalue weighted by molar-refractivity contribution is 5.84. The molecule has 126 valence electrons. The average molecular weight is 317 g/mol. The van der Waals surface area contributed by atoms with E-state index in [9.17, 15) is 9.90 Å². The first-order valence-corrected chi connectivity index (χ1v) is 8.17. The Morgan fingerprint density at radius 3 is 2.74 bits per heavy atom. The summed E-state index contributed by atoms with van der Waals surface area (Å²) in [5.74, 6) is 0. The summed E-state index contributed by atoms with van der Waals surface area (Å²) in [6.07, 6.45) is 2.25. The largest absolute Gasteiger partial charge is 0.392 e. The normalized spacial score (nSPS) is 12.6. The van der Waals surface area contributed by atoms with E-state index in [1.165, 1.54) is 16.5 Å². The number of hydrogen-bond acceptors (Lipinski definition) is 2. The SMILES string of the molecule is Cc1ccc2c(CCNC(=O)N(CC(C)O)C(C)C)c[nH]c2c1. The van der Waals surface area contributed by atoms with Gasteiger partial charge in [0.25, 0.3) is 0 Å². The van der Waals surface area contributed by atoms with Crippen LogP contribution in [0.3, 0.4) is 0 Å². The van der Waals surface area contributed by atoms with E-state index in [1.807, 2.05) is 20.0 Å². The number of urea groups is 1. The lowest BCUT2D eigenvalue weighted by molar-refractivity contribution is 0.119. The highest BCUT2D eigenvalue weighted by Gasteiger charge is 2.18. The van der Waals surface area contributed by atoms with E-state index >= 15 is 0 Å². The second kappa shape index (κ2) is 7.51. The maximum absolute atomic E-state index is 12.3. The van der Waals surface area contributed by atoms with Crippen molar-refractivity contribution in [1.29, 1.82) is 0 Å². The Hall–Kier alpha value is -2.01. The predicted octanol–water partition coefficient (Wildman–Crippen LogP) is 2.82. The van der Waals surface area contributed by atoms with Crippen LogP contribution in [0.4, 0.5) is 4.79 Å². The van der Waals surface area contributed by atoms with Crippen LogP contribution < -0.4 is 5.32 Å². The molecule has 5 heteroatoms.